The fourth-order valence-electron chi connectivity index (χ4n) is 3.58. The molecular formula is C20H24FN5O4S. The van der Waals surface area contributed by atoms with Crippen molar-refractivity contribution >= 4 is 28.9 Å². The van der Waals surface area contributed by atoms with E-state index < -0.39 is 6.08 Å². The maximum atomic E-state index is 13.9. The number of methoxy groups -OCH3 is 3. The summed E-state index contributed by atoms with van der Waals surface area (Å²) in [5.41, 5.74) is 7.50. The molecule has 1 aromatic carbocycles. The summed E-state index contributed by atoms with van der Waals surface area (Å²) in [4.78, 5) is 12.2. The van der Waals surface area contributed by atoms with Gasteiger partial charge in [-0.3, -0.25) is 3.97 Å². The van der Waals surface area contributed by atoms with Crippen LogP contribution in [0, 0.1) is 6.08 Å². The second-order valence-electron chi connectivity index (χ2n) is 7.01. The summed E-state index contributed by atoms with van der Waals surface area (Å²) in [6.07, 6.45) is 1.70. The van der Waals surface area contributed by atoms with Gasteiger partial charge in [-0.2, -0.15) is 14.4 Å². The van der Waals surface area contributed by atoms with Crippen LogP contribution in [-0.4, -0.2) is 58.7 Å². The molecule has 31 heavy (non-hydrogen) atoms. The summed E-state index contributed by atoms with van der Waals surface area (Å²) in [5, 5.41) is 0. The molecule has 1 atom stereocenters. The topological polar surface area (TPSA) is 107 Å². The Morgan fingerprint density at radius 1 is 1.16 bits per heavy atom. The van der Waals surface area contributed by atoms with Crippen LogP contribution in [0.2, 0.25) is 0 Å². The third-order valence-corrected chi connectivity index (χ3v) is 6.20. The van der Waals surface area contributed by atoms with Crippen molar-refractivity contribution in [3.63, 3.8) is 0 Å². The predicted octanol–water partition coefficient (Wildman–Crippen LogP) is 2.84. The van der Waals surface area contributed by atoms with Gasteiger partial charge in [-0.25, -0.2) is 4.98 Å². The first-order chi connectivity index (χ1) is 15.0. The van der Waals surface area contributed by atoms with E-state index in [1.165, 1.54) is 11.9 Å². The van der Waals surface area contributed by atoms with E-state index in [-0.39, 0.29) is 11.9 Å². The number of anilines is 1. The highest BCUT2D eigenvalue weighted by molar-refractivity contribution is 7.98. The van der Waals surface area contributed by atoms with Crippen LogP contribution in [0.4, 0.5) is 10.2 Å². The Morgan fingerprint density at radius 3 is 2.52 bits per heavy atom. The van der Waals surface area contributed by atoms with Gasteiger partial charge in [-0.1, -0.05) is 0 Å². The van der Waals surface area contributed by atoms with Crippen molar-refractivity contribution < 1.29 is 23.3 Å². The number of nitrogens with zero attached hydrogens (tertiary/aromatic N) is 4. The van der Waals surface area contributed by atoms with E-state index in [0.717, 1.165) is 25.0 Å². The van der Waals surface area contributed by atoms with Crippen LogP contribution in [0.15, 0.2) is 12.1 Å². The lowest BCUT2D eigenvalue weighted by atomic mass is 10.1. The third kappa shape index (κ3) is 4.33. The molecule has 0 saturated carbocycles. The number of aromatic nitrogens is 4. The SMILES string of the molecule is COc1cc(Cc2nc3c(N)nc(F)nc3n2SCC2CCCO2)cc(OC)c1OC. The molecule has 0 amide bonds. The molecule has 1 fully saturated rings. The van der Waals surface area contributed by atoms with E-state index in [9.17, 15) is 4.39 Å². The summed E-state index contributed by atoms with van der Waals surface area (Å²) in [5.74, 6) is 2.93. The molecule has 11 heteroatoms. The summed E-state index contributed by atoms with van der Waals surface area (Å²) in [7, 11) is 4.68. The number of nitrogens with two attached hydrogens (primary N) is 1. The van der Waals surface area contributed by atoms with Gasteiger partial charge in [0.1, 0.15) is 5.82 Å². The molecule has 0 spiro atoms. The van der Waals surface area contributed by atoms with Gasteiger partial charge in [0, 0.05) is 18.8 Å². The summed E-state index contributed by atoms with van der Waals surface area (Å²) in [6, 6.07) is 3.71. The monoisotopic (exact) mass is 449 g/mol. The van der Waals surface area contributed by atoms with E-state index in [2.05, 4.69) is 15.0 Å². The Kier molecular flexibility index (Phi) is 6.33. The average Bonchev–Trinajstić information content (AvgIpc) is 3.39. The van der Waals surface area contributed by atoms with Crippen LogP contribution in [0.25, 0.3) is 11.2 Å². The van der Waals surface area contributed by atoms with Crippen molar-refractivity contribution in [2.45, 2.75) is 25.4 Å². The quantitative estimate of drug-likeness (QED) is 0.520. The molecule has 2 aromatic heterocycles. The van der Waals surface area contributed by atoms with Gasteiger partial charge in [0.15, 0.2) is 28.5 Å². The number of hydrogen-bond acceptors (Lipinski definition) is 9. The van der Waals surface area contributed by atoms with Crippen molar-refractivity contribution in [3.8, 4) is 17.2 Å². The smallest absolute Gasteiger partial charge is 0.312 e. The molecule has 1 unspecified atom stereocenters. The number of fused-ring (bicyclic) bond motifs is 1. The van der Waals surface area contributed by atoms with E-state index >= 15 is 0 Å². The van der Waals surface area contributed by atoms with Gasteiger partial charge in [-0.05, 0) is 42.5 Å². The molecule has 1 aliphatic heterocycles. The van der Waals surface area contributed by atoms with Crippen molar-refractivity contribution in [1.29, 1.82) is 0 Å². The van der Waals surface area contributed by atoms with Crippen LogP contribution in [-0.2, 0) is 11.2 Å². The number of hydrogen-bond donors (Lipinski definition) is 1. The molecule has 4 rings (SSSR count). The minimum absolute atomic E-state index is 0.00473. The van der Waals surface area contributed by atoms with Crippen LogP contribution in [0.3, 0.4) is 0 Å². The highest BCUT2D eigenvalue weighted by Crippen LogP contribution is 2.39. The minimum atomic E-state index is -0.886. The summed E-state index contributed by atoms with van der Waals surface area (Å²) in [6.45, 7) is 0.762. The lowest BCUT2D eigenvalue weighted by molar-refractivity contribution is 0.129. The molecule has 0 aliphatic carbocycles. The summed E-state index contributed by atoms with van der Waals surface area (Å²) >= 11 is 1.47. The second-order valence-corrected chi connectivity index (χ2v) is 7.97. The Hall–Kier alpha value is -2.79. The Bertz CT molecular complexity index is 1060. The van der Waals surface area contributed by atoms with E-state index in [1.54, 1.807) is 25.3 Å². The highest BCUT2D eigenvalue weighted by atomic mass is 32.2. The zero-order valence-corrected chi connectivity index (χ0v) is 18.4. The van der Waals surface area contributed by atoms with E-state index in [1.807, 2.05) is 12.1 Å². The first-order valence-electron chi connectivity index (χ1n) is 9.78. The molecule has 166 valence electrons. The predicted molar refractivity (Wildman–Crippen MR) is 115 cm³/mol. The number of nitrogen functional groups attached to an aromatic ring is 1. The van der Waals surface area contributed by atoms with Crippen LogP contribution < -0.4 is 19.9 Å². The molecule has 3 heterocycles. The molecule has 1 aliphatic rings. The van der Waals surface area contributed by atoms with Crippen molar-refractivity contribution in [3.05, 3.63) is 29.6 Å². The number of ether oxygens (including phenoxy) is 4. The maximum absolute atomic E-state index is 13.9. The Morgan fingerprint density at radius 2 is 1.90 bits per heavy atom. The Labute approximate surface area is 183 Å². The van der Waals surface area contributed by atoms with Gasteiger partial charge in [-0.15, -0.1) is 0 Å². The van der Waals surface area contributed by atoms with Crippen LogP contribution in [0.5, 0.6) is 17.2 Å². The van der Waals surface area contributed by atoms with Crippen LogP contribution in [0.1, 0.15) is 24.2 Å². The van der Waals surface area contributed by atoms with E-state index in [0.29, 0.717) is 46.4 Å². The molecule has 3 aromatic rings. The molecule has 0 radical (unpaired) electrons. The van der Waals surface area contributed by atoms with Gasteiger partial charge in [0.25, 0.3) is 0 Å². The number of imidazole rings is 1. The maximum Gasteiger partial charge on any atom is 0.312 e. The number of rotatable bonds is 8. The molecule has 1 saturated heterocycles. The molecule has 0 bridgehead atoms. The van der Waals surface area contributed by atoms with Crippen LogP contribution >= 0.6 is 11.9 Å². The highest BCUT2D eigenvalue weighted by Gasteiger charge is 2.22. The molecule has 9 nitrogen and oxygen atoms in total. The second kappa shape index (κ2) is 9.15. The van der Waals surface area contributed by atoms with Gasteiger partial charge in [0.05, 0.1) is 27.4 Å². The number of benzene rings is 1. The fraction of sp³-hybridized carbons (Fsp3) is 0.450. The largest absolute Gasteiger partial charge is 0.493 e. The lowest BCUT2D eigenvalue weighted by Crippen LogP contribution is -2.11. The zero-order chi connectivity index (χ0) is 22.0. The zero-order valence-electron chi connectivity index (χ0n) is 17.6. The lowest BCUT2D eigenvalue weighted by Gasteiger charge is -2.15. The molecule has 2 N–H and O–H groups in total. The van der Waals surface area contributed by atoms with Crippen molar-refractivity contribution in [1.82, 2.24) is 18.9 Å². The van der Waals surface area contributed by atoms with E-state index in [4.69, 9.17) is 24.7 Å². The molecular weight excluding hydrogens is 425 g/mol. The van der Waals surface area contributed by atoms with Gasteiger partial charge in [0.2, 0.25) is 5.75 Å². The Balaban J connectivity index is 1.74. The third-order valence-electron chi connectivity index (χ3n) is 5.03. The normalized spacial score (nSPS) is 16.1. The standard InChI is InChI=1S/C20H24FN5O4S/c1-27-13-7-11(8-14(28-2)17(13)29-3)9-15-23-16-18(22)24-20(21)25-19(16)26(15)31-10-12-5-4-6-30-12/h7-8,12H,4-6,9-10H2,1-3H3,(H2,22,24,25). The summed E-state index contributed by atoms with van der Waals surface area (Å²) < 4.78 is 37.7. The van der Waals surface area contributed by atoms with Gasteiger partial charge >= 0.3 is 6.08 Å². The average molecular weight is 450 g/mol. The number of halogens is 1. The minimum Gasteiger partial charge on any atom is -0.493 e. The van der Waals surface area contributed by atoms with Crippen molar-refractivity contribution in [2.24, 2.45) is 0 Å². The first kappa shape index (κ1) is 21.4. The first-order valence-corrected chi connectivity index (χ1v) is 10.7. The fourth-order valence-corrected chi connectivity index (χ4v) is 4.66. The van der Waals surface area contributed by atoms with Gasteiger partial charge < -0.3 is 24.7 Å². The van der Waals surface area contributed by atoms with Crippen molar-refractivity contribution in [2.75, 3.05) is 39.4 Å².